The van der Waals surface area contributed by atoms with Crippen molar-refractivity contribution >= 4 is 5.91 Å². The summed E-state index contributed by atoms with van der Waals surface area (Å²) >= 11 is 0. The van der Waals surface area contributed by atoms with Crippen LogP contribution in [-0.4, -0.2) is 41.0 Å². The van der Waals surface area contributed by atoms with Crippen LogP contribution >= 0.6 is 0 Å². The van der Waals surface area contributed by atoms with E-state index < -0.39 is 0 Å². The van der Waals surface area contributed by atoms with E-state index in [0.29, 0.717) is 0 Å². The lowest BCUT2D eigenvalue weighted by atomic mass is 10.0. The Morgan fingerprint density at radius 3 is 2.81 bits per heavy atom. The number of hydrogen-bond donors (Lipinski definition) is 2. The first kappa shape index (κ1) is 11.2. The van der Waals surface area contributed by atoms with E-state index in [2.05, 4.69) is 24.1 Å². The molecule has 1 aromatic rings. The Balaban J connectivity index is 2.14. The van der Waals surface area contributed by atoms with Gasteiger partial charge < -0.3 is 15.2 Å². The van der Waals surface area contributed by atoms with Crippen LogP contribution in [0.15, 0.2) is 12.3 Å². The molecule has 2 N–H and O–H groups in total. The van der Waals surface area contributed by atoms with Gasteiger partial charge in [-0.05, 0) is 26.8 Å². The lowest BCUT2D eigenvalue weighted by Crippen LogP contribution is -2.58. The van der Waals surface area contributed by atoms with E-state index in [1.807, 2.05) is 24.1 Å². The van der Waals surface area contributed by atoms with E-state index in [9.17, 15) is 4.79 Å². The predicted octanol–water partition coefficient (Wildman–Crippen LogP) is 1.15. The highest BCUT2D eigenvalue weighted by Gasteiger charge is 2.29. The van der Waals surface area contributed by atoms with Gasteiger partial charge in [-0.2, -0.15) is 0 Å². The lowest BCUT2D eigenvalue weighted by molar-refractivity contribution is 0.0651. The maximum absolute atomic E-state index is 12.2. The molecule has 0 unspecified atom stereocenters. The number of carbonyl (C=O) groups is 1. The van der Waals surface area contributed by atoms with Crippen LogP contribution in [0.5, 0.6) is 0 Å². The van der Waals surface area contributed by atoms with E-state index in [1.54, 1.807) is 0 Å². The topological polar surface area (TPSA) is 48.1 Å². The Morgan fingerprint density at radius 2 is 2.25 bits per heavy atom. The van der Waals surface area contributed by atoms with E-state index in [-0.39, 0.29) is 11.4 Å². The number of rotatable bonds is 1. The zero-order valence-corrected chi connectivity index (χ0v) is 10.1. The van der Waals surface area contributed by atoms with Crippen LogP contribution in [0.3, 0.4) is 0 Å². The van der Waals surface area contributed by atoms with Gasteiger partial charge in [-0.25, -0.2) is 0 Å². The van der Waals surface area contributed by atoms with Crippen LogP contribution < -0.4 is 5.32 Å². The van der Waals surface area contributed by atoms with Crippen molar-refractivity contribution in [1.29, 1.82) is 0 Å². The van der Waals surface area contributed by atoms with Gasteiger partial charge >= 0.3 is 0 Å². The van der Waals surface area contributed by atoms with Gasteiger partial charge in [0.05, 0.1) is 5.56 Å². The highest BCUT2D eigenvalue weighted by Crippen LogP contribution is 2.15. The van der Waals surface area contributed by atoms with Gasteiger partial charge in [0.15, 0.2) is 0 Å². The summed E-state index contributed by atoms with van der Waals surface area (Å²) in [5.74, 6) is 0.133. The summed E-state index contributed by atoms with van der Waals surface area (Å²) < 4.78 is 0. The average molecular weight is 221 g/mol. The quantitative estimate of drug-likeness (QED) is 0.747. The second-order valence-corrected chi connectivity index (χ2v) is 5.05. The third-order valence-electron chi connectivity index (χ3n) is 3.04. The number of nitrogens with zero attached hydrogens (tertiary/aromatic N) is 1. The van der Waals surface area contributed by atoms with Gasteiger partial charge in [0.25, 0.3) is 5.91 Å². The third-order valence-corrected chi connectivity index (χ3v) is 3.04. The standard InChI is InChI=1S/C12H19N3O/c1-9-10(4-5-13-9)11(16)15-7-6-14-12(2,3)8-15/h4-5,13-14H,6-8H2,1-3H3. The van der Waals surface area contributed by atoms with Crippen LogP contribution in [0.2, 0.25) is 0 Å². The van der Waals surface area contributed by atoms with E-state index in [1.165, 1.54) is 0 Å². The summed E-state index contributed by atoms with van der Waals surface area (Å²) in [4.78, 5) is 17.2. The molecule has 1 saturated heterocycles. The summed E-state index contributed by atoms with van der Waals surface area (Å²) in [5.41, 5.74) is 1.75. The molecule has 1 aromatic heterocycles. The maximum Gasteiger partial charge on any atom is 0.255 e. The fraction of sp³-hybridized carbons (Fsp3) is 0.583. The summed E-state index contributed by atoms with van der Waals surface area (Å²) in [6, 6.07) is 1.85. The largest absolute Gasteiger partial charge is 0.365 e. The van der Waals surface area contributed by atoms with Crippen molar-refractivity contribution < 1.29 is 4.79 Å². The molecule has 0 aliphatic carbocycles. The second-order valence-electron chi connectivity index (χ2n) is 5.05. The normalized spacial score (nSPS) is 19.8. The molecule has 1 fully saturated rings. The van der Waals surface area contributed by atoms with Crippen molar-refractivity contribution in [2.75, 3.05) is 19.6 Å². The predicted molar refractivity (Wildman–Crippen MR) is 63.5 cm³/mol. The van der Waals surface area contributed by atoms with E-state index in [0.717, 1.165) is 30.9 Å². The molecule has 2 rings (SSSR count). The molecule has 4 heteroatoms. The Labute approximate surface area is 96.0 Å². The molecule has 0 saturated carbocycles. The third kappa shape index (κ3) is 2.11. The molecule has 0 radical (unpaired) electrons. The smallest absolute Gasteiger partial charge is 0.255 e. The number of amides is 1. The molecule has 0 aromatic carbocycles. The number of H-pyrrole nitrogens is 1. The summed E-state index contributed by atoms with van der Waals surface area (Å²) in [5, 5.41) is 3.40. The Morgan fingerprint density at radius 1 is 1.50 bits per heavy atom. The van der Waals surface area contributed by atoms with Crippen LogP contribution in [0.4, 0.5) is 0 Å². The van der Waals surface area contributed by atoms with Crippen molar-refractivity contribution in [3.63, 3.8) is 0 Å². The van der Waals surface area contributed by atoms with E-state index in [4.69, 9.17) is 0 Å². The summed E-state index contributed by atoms with van der Waals surface area (Å²) in [6.45, 7) is 8.58. The van der Waals surface area contributed by atoms with E-state index >= 15 is 0 Å². The molecule has 0 spiro atoms. The molecule has 0 atom stereocenters. The molecule has 16 heavy (non-hydrogen) atoms. The minimum atomic E-state index is 0.0120. The van der Waals surface area contributed by atoms with Crippen LogP contribution in [0, 0.1) is 6.92 Å². The first-order chi connectivity index (χ1) is 7.49. The average Bonchev–Trinajstić information content (AvgIpc) is 2.62. The summed E-state index contributed by atoms with van der Waals surface area (Å²) in [7, 11) is 0. The molecule has 1 aliphatic heterocycles. The molecular formula is C12H19N3O. The minimum Gasteiger partial charge on any atom is -0.365 e. The number of hydrogen-bond acceptors (Lipinski definition) is 2. The Hall–Kier alpha value is -1.29. The Kier molecular flexibility index (Phi) is 2.76. The zero-order valence-electron chi connectivity index (χ0n) is 10.1. The van der Waals surface area contributed by atoms with Crippen LogP contribution in [0.1, 0.15) is 29.9 Å². The van der Waals surface area contributed by atoms with Gasteiger partial charge in [-0.3, -0.25) is 4.79 Å². The fourth-order valence-electron chi connectivity index (χ4n) is 2.17. The number of aromatic amines is 1. The monoisotopic (exact) mass is 221 g/mol. The molecule has 1 aliphatic rings. The van der Waals surface area contributed by atoms with Crippen LogP contribution in [0.25, 0.3) is 0 Å². The van der Waals surface area contributed by atoms with Gasteiger partial charge in [0.2, 0.25) is 0 Å². The zero-order chi connectivity index (χ0) is 11.8. The van der Waals surface area contributed by atoms with Crippen LogP contribution in [-0.2, 0) is 0 Å². The second kappa shape index (κ2) is 3.94. The SMILES string of the molecule is Cc1[nH]ccc1C(=O)N1CCNC(C)(C)C1. The van der Waals surface area contributed by atoms with Gasteiger partial charge in [-0.15, -0.1) is 0 Å². The lowest BCUT2D eigenvalue weighted by Gasteiger charge is -2.39. The maximum atomic E-state index is 12.2. The van der Waals surface area contributed by atoms with Crippen molar-refractivity contribution in [1.82, 2.24) is 15.2 Å². The number of piperazine rings is 1. The highest BCUT2D eigenvalue weighted by molar-refractivity contribution is 5.95. The van der Waals surface area contributed by atoms with Gasteiger partial charge in [-0.1, -0.05) is 0 Å². The van der Waals surface area contributed by atoms with Gasteiger partial charge in [0.1, 0.15) is 0 Å². The molecular weight excluding hydrogens is 202 g/mol. The number of carbonyl (C=O) groups excluding carboxylic acids is 1. The molecule has 4 nitrogen and oxygen atoms in total. The molecule has 0 bridgehead atoms. The minimum absolute atomic E-state index is 0.0120. The molecule has 1 amide bonds. The number of aryl methyl sites for hydroxylation is 1. The molecule has 2 heterocycles. The van der Waals surface area contributed by atoms with Crippen molar-refractivity contribution in [3.8, 4) is 0 Å². The first-order valence-electron chi connectivity index (χ1n) is 5.68. The van der Waals surface area contributed by atoms with Crippen molar-refractivity contribution in [2.24, 2.45) is 0 Å². The van der Waals surface area contributed by atoms with Gasteiger partial charge in [0, 0.05) is 37.1 Å². The first-order valence-corrected chi connectivity index (χ1v) is 5.68. The fourth-order valence-corrected chi connectivity index (χ4v) is 2.17. The highest BCUT2D eigenvalue weighted by atomic mass is 16.2. The van der Waals surface area contributed by atoms with Crippen molar-refractivity contribution in [3.05, 3.63) is 23.5 Å². The van der Waals surface area contributed by atoms with Crippen molar-refractivity contribution in [2.45, 2.75) is 26.3 Å². The molecule has 88 valence electrons. The number of aromatic nitrogens is 1. The Bertz CT molecular complexity index is 395. The number of nitrogens with one attached hydrogen (secondary N) is 2. The summed E-state index contributed by atoms with van der Waals surface area (Å²) in [6.07, 6.45) is 1.82.